The molecular formula is C20H20N6O3. The molecule has 0 aliphatic carbocycles. The number of nitro benzene ring substituents is 1. The quantitative estimate of drug-likeness (QED) is 0.526. The molecule has 1 N–H and O–H groups in total. The van der Waals surface area contributed by atoms with Crippen molar-refractivity contribution in [1.29, 1.82) is 0 Å². The molecule has 0 saturated heterocycles. The Kier molecular flexibility index (Phi) is 5.05. The molecule has 1 atom stereocenters. The SMILES string of the molecule is CNC(=O)[C@H]1Cc2ccccc2CN1Cn1cnc(-c2ccc([N+](=O)[O-])cc2)n1. The molecular weight excluding hydrogens is 372 g/mol. The number of carbonyl (C=O) groups excluding carboxylic acids is 1. The van der Waals surface area contributed by atoms with E-state index in [1.54, 1.807) is 30.2 Å². The van der Waals surface area contributed by atoms with Gasteiger partial charge in [0.2, 0.25) is 5.91 Å². The summed E-state index contributed by atoms with van der Waals surface area (Å²) in [4.78, 5) is 29.2. The van der Waals surface area contributed by atoms with Gasteiger partial charge in [-0.15, -0.1) is 5.10 Å². The molecule has 4 rings (SSSR count). The summed E-state index contributed by atoms with van der Waals surface area (Å²) in [5.74, 6) is 0.448. The maximum atomic E-state index is 12.4. The van der Waals surface area contributed by atoms with Crippen LogP contribution in [0.15, 0.2) is 54.9 Å². The van der Waals surface area contributed by atoms with E-state index in [9.17, 15) is 14.9 Å². The van der Waals surface area contributed by atoms with E-state index in [1.165, 1.54) is 23.3 Å². The number of nitrogens with zero attached hydrogens (tertiary/aromatic N) is 5. The number of hydrogen-bond acceptors (Lipinski definition) is 6. The van der Waals surface area contributed by atoms with Crippen molar-refractivity contribution in [3.63, 3.8) is 0 Å². The van der Waals surface area contributed by atoms with Crippen molar-refractivity contribution in [2.45, 2.75) is 25.7 Å². The van der Waals surface area contributed by atoms with Gasteiger partial charge < -0.3 is 5.32 Å². The molecule has 1 aliphatic heterocycles. The molecule has 9 heteroatoms. The first-order valence-electron chi connectivity index (χ1n) is 9.22. The summed E-state index contributed by atoms with van der Waals surface area (Å²) >= 11 is 0. The van der Waals surface area contributed by atoms with Gasteiger partial charge >= 0.3 is 0 Å². The van der Waals surface area contributed by atoms with E-state index >= 15 is 0 Å². The van der Waals surface area contributed by atoms with Gasteiger partial charge in [0.25, 0.3) is 5.69 Å². The summed E-state index contributed by atoms with van der Waals surface area (Å²) in [6.07, 6.45) is 2.25. The Morgan fingerprint density at radius 3 is 2.62 bits per heavy atom. The van der Waals surface area contributed by atoms with E-state index < -0.39 is 4.92 Å². The topological polar surface area (TPSA) is 106 Å². The number of carbonyl (C=O) groups is 1. The van der Waals surface area contributed by atoms with Crippen molar-refractivity contribution in [2.24, 2.45) is 0 Å². The molecule has 0 radical (unpaired) electrons. The van der Waals surface area contributed by atoms with Crippen LogP contribution in [0.3, 0.4) is 0 Å². The van der Waals surface area contributed by atoms with Crippen molar-refractivity contribution in [3.05, 3.63) is 76.1 Å². The first-order chi connectivity index (χ1) is 14.0. The average molecular weight is 392 g/mol. The molecule has 2 aromatic carbocycles. The molecule has 0 unspecified atom stereocenters. The summed E-state index contributed by atoms with van der Waals surface area (Å²) in [5, 5.41) is 18.0. The van der Waals surface area contributed by atoms with Crippen LogP contribution in [0.2, 0.25) is 0 Å². The van der Waals surface area contributed by atoms with Crippen LogP contribution >= 0.6 is 0 Å². The zero-order valence-electron chi connectivity index (χ0n) is 15.9. The van der Waals surface area contributed by atoms with Crippen molar-refractivity contribution in [1.82, 2.24) is 25.0 Å². The summed E-state index contributed by atoms with van der Waals surface area (Å²) in [6, 6.07) is 13.9. The first-order valence-corrected chi connectivity index (χ1v) is 9.22. The molecule has 1 aromatic heterocycles. The minimum Gasteiger partial charge on any atom is -0.358 e. The van der Waals surface area contributed by atoms with E-state index in [0.29, 0.717) is 31.0 Å². The van der Waals surface area contributed by atoms with Crippen LogP contribution in [-0.2, 0) is 24.4 Å². The van der Waals surface area contributed by atoms with Crippen LogP contribution in [0.25, 0.3) is 11.4 Å². The van der Waals surface area contributed by atoms with Crippen LogP contribution in [0.4, 0.5) is 5.69 Å². The molecule has 0 bridgehead atoms. The van der Waals surface area contributed by atoms with E-state index in [4.69, 9.17) is 0 Å². The Morgan fingerprint density at radius 2 is 1.93 bits per heavy atom. The van der Waals surface area contributed by atoms with Crippen molar-refractivity contribution in [2.75, 3.05) is 7.05 Å². The van der Waals surface area contributed by atoms with E-state index in [2.05, 4.69) is 32.4 Å². The number of aromatic nitrogens is 3. The molecule has 3 aromatic rings. The molecule has 9 nitrogen and oxygen atoms in total. The second-order valence-corrected chi connectivity index (χ2v) is 6.90. The number of non-ortho nitro benzene ring substituents is 1. The number of amides is 1. The minimum atomic E-state index is -0.442. The number of hydrogen-bond donors (Lipinski definition) is 1. The van der Waals surface area contributed by atoms with Gasteiger partial charge in [0.05, 0.1) is 17.6 Å². The number of fused-ring (bicyclic) bond motifs is 1. The maximum absolute atomic E-state index is 12.4. The highest BCUT2D eigenvalue weighted by Gasteiger charge is 2.31. The Labute approximate surface area is 167 Å². The summed E-state index contributed by atoms with van der Waals surface area (Å²) in [5.41, 5.74) is 3.10. The average Bonchev–Trinajstić information content (AvgIpc) is 3.21. The van der Waals surface area contributed by atoms with Gasteiger partial charge in [-0.2, -0.15) is 0 Å². The fourth-order valence-electron chi connectivity index (χ4n) is 3.56. The molecule has 0 fully saturated rings. The van der Waals surface area contributed by atoms with Gasteiger partial charge in [0.1, 0.15) is 6.33 Å². The number of nitrogens with one attached hydrogen (secondary N) is 1. The molecule has 2 heterocycles. The highest BCUT2D eigenvalue weighted by atomic mass is 16.6. The van der Waals surface area contributed by atoms with Crippen LogP contribution in [0, 0.1) is 10.1 Å². The lowest BCUT2D eigenvalue weighted by molar-refractivity contribution is -0.384. The fourth-order valence-corrected chi connectivity index (χ4v) is 3.56. The largest absolute Gasteiger partial charge is 0.358 e. The number of benzene rings is 2. The maximum Gasteiger partial charge on any atom is 0.269 e. The zero-order valence-corrected chi connectivity index (χ0v) is 15.9. The third kappa shape index (κ3) is 3.85. The highest BCUT2D eigenvalue weighted by molar-refractivity contribution is 5.82. The van der Waals surface area contributed by atoms with Gasteiger partial charge in [0.15, 0.2) is 5.82 Å². The summed E-state index contributed by atoms with van der Waals surface area (Å²) in [7, 11) is 1.64. The van der Waals surface area contributed by atoms with E-state index in [1.807, 2.05) is 12.1 Å². The lowest BCUT2D eigenvalue weighted by Crippen LogP contribution is -2.49. The van der Waals surface area contributed by atoms with Gasteiger partial charge in [-0.3, -0.25) is 19.8 Å². The fraction of sp³-hybridized carbons (Fsp3) is 0.250. The minimum absolute atomic E-state index is 0.0218. The molecule has 29 heavy (non-hydrogen) atoms. The number of nitro groups is 1. The Morgan fingerprint density at radius 1 is 1.21 bits per heavy atom. The normalized spacial score (nSPS) is 16.2. The van der Waals surface area contributed by atoms with Crippen LogP contribution in [0.1, 0.15) is 11.1 Å². The van der Waals surface area contributed by atoms with Gasteiger partial charge in [0, 0.05) is 31.3 Å². The van der Waals surface area contributed by atoms with Gasteiger partial charge in [-0.25, -0.2) is 9.67 Å². The lowest BCUT2D eigenvalue weighted by atomic mass is 9.94. The molecule has 148 valence electrons. The van der Waals surface area contributed by atoms with Crippen molar-refractivity contribution < 1.29 is 9.72 Å². The predicted molar refractivity (Wildman–Crippen MR) is 106 cm³/mol. The first kappa shape index (κ1) is 18.8. The smallest absolute Gasteiger partial charge is 0.269 e. The summed E-state index contributed by atoms with van der Waals surface area (Å²) < 4.78 is 1.68. The molecule has 0 saturated carbocycles. The summed E-state index contributed by atoms with van der Waals surface area (Å²) in [6.45, 7) is 1.05. The van der Waals surface area contributed by atoms with Crippen molar-refractivity contribution in [3.8, 4) is 11.4 Å². The van der Waals surface area contributed by atoms with Gasteiger partial charge in [-0.1, -0.05) is 24.3 Å². The lowest BCUT2D eigenvalue weighted by Gasteiger charge is -2.35. The van der Waals surface area contributed by atoms with Gasteiger partial charge in [-0.05, 0) is 29.7 Å². The van der Waals surface area contributed by atoms with Crippen LogP contribution in [0.5, 0.6) is 0 Å². The molecule has 1 aliphatic rings. The Balaban J connectivity index is 1.55. The Hall–Kier alpha value is -3.59. The van der Waals surface area contributed by atoms with Crippen LogP contribution < -0.4 is 5.32 Å². The van der Waals surface area contributed by atoms with Crippen molar-refractivity contribution >= 4 is 11.6 Å². The molecule has 0 spiro atoms. The number of rotatable bonds is 5. The predicted octanol–water partition coefficient (Wildman–Crippen LogP) is 1.98. The zero-order chi connectivity index (χ0) is 20.4. The molecule has 1 amide bonds. The second-order valence-electron chi connectivity index (χ2n) is 6.90. The number of likely N-dealkylation sites (N-methyl/N-ethyl adjacent to an activating group) is 1. The standard InChI is InChI=1S/C20H20N6O3/c1-21-20(27)18-10-15-4-2-3-5-16(15)11-24(18)13-25-12-22-19(23-25)14-6-8-17(9-7-14)26(28)29/h2-9,12,18H,10-11,13H2,1H3,(H,21,27)/t18-/m1/s1. The highest BCUT2D eigenvalue weighted by Crippen LogP contribution is 2.24. The monoisotopic (exact) mass is 392 g/mol. The van der Waals surface area contributed by atoms with E-state index in [0.717, 1.165) is 0 Å². The third-order valence-corrected chi connectivity index (χ3v) is 5.09. The third-order valence-electron chi connectivity index (χ3n) is 5.09. The van der Waals surface area contributed by atoms with E-state index in [-0.39, 0.29) is 17.6 Å². The second kappa shape index (κ2) is 7.80. The van der Waals surface area contributed by atoms with Crippen LogP contribution in [-0.4, -0.2) is 43.6 Å². The Bertz CT molecular complexity index is 1050.